The first-order chi connectivity index (χ1) is 16.5. The molecule has 1 saturated heterocycles. The van der Waals surface area contributed by atoms with E-state index in [0.717, 1.165) is 30.0 Å². The number of ether oxygens (including phenoxy) is 3. The molecule has 4 rings (SSSR count). The van der Waals surface area contributed by atoms with Crippen LogP contribution in [-0.2, 0) is 11.3 Å². The number of nitrogens with zero attached hydrogens (tertiary/aromatic N) is 2. The Morgan fingerprint density at radius 1 is 1.00 bits per heavy atom. The highest BCUT2D eigenvalue weighted by molar-refractivity contribution is 6.04. The van der Waals surface area contributed by atoms with Gasteiger partial charge >= 0.3 is 0 Å². The van der Waals surface area contributed by atoms with Gasteiger partial charge < -0.3 is 24.4 Å². The van der Waals surface area contributed by atoms with E-state index in [1.165, 1.54) is 0 Å². The largest absolute Gasteiger partial charge is 0.490 e. The molecule has 34 heavy (non-hydrogen) atoms. The number of rotatable bonds is 8. The Kier molecular flexibility index (Phi) is 7.65. The van der Waals surface area contributed by atoms with Crippen molar-refractivity contribution in [3.63, 3.8) is 0 Å². The normalized spacial score (nSPS) is 17.8. The van der Waals surface area contributed by atoms with Crippen molar-refractivity contribution >= 4 is 17.3 Å². The fraction of sp³-hybridized carbons (Fsp3) is 0.333. The van der Waals surface area contributed by atoms with Gasteiger partial charge in [0.1, 0.15) is 6.61 Å². The number of benzene rings is 2. The molecule has 0 radical (unpaired) electrons. The molecule has 178 valence electrons. The Balaban J connectivity index is 1.41. The van der Waals surface area contributed by atoms with Crippen LogP contribution in [-0.4, -0.2) is 42.8 Å². The molecule has 0 aliphatic carbocycles. The second-order valence-electron chi connectivity index (χ2n) is 8.40. The van der Waals surface area contributed by atoms with Gasteiger partial charge in [0.25, 0.3) is 5.91 Å². The van der Waals surface area contributed by atoms with Crippen LogP contribution in [0.3, 0.4) is 0 Å². The average Bonchev–Trinajstić information content (AvgIpc) is 2.84. The lowest BCUT2D eigenvalue weighted by Gasteiger charge is -2.36. The second kappa shape index (κ2) is 11.0. The molecule has 0 saturated carbocycles. The summed E-state index contributed by atoms with van der Waals surface area (Å²) in [7, 11) is 0. The summed E-state index contributed by atoms with van der Waals surface area (Å²) in [6.07, 6.45) is 3.84. The SMILES string of the molecule is CCOc1cc(C(=O)Nc2ccc(N3CC(C)OC(C)C3)cc2)ccc1OCc1ccncc1. The molecule has 2 aromatic carbocycles. The van der Waals surface area contributed by atoms with Crippen LogP contribution < -0.4 is 19.7 Å². The van der Waals surface area contributed by atoms with Crippen LogP contribution in [0.2, 0.25) is 0 Å². The number of carbonyl (C=O) groups is 1. The van der Waals surface area contributed by atoms with Gasteiger partial charge in [0, 0.05) is 42.4 Å². The van der Waals surface area contributed by atoms with Crippen molar-refractivity contribution in [1.29, 1.82) is 0 Å². The fourth-order valence-corrected chi connectivity index (χ4v) is 4.02. The van der Waals surface area contributed by atoms with E-state index in [-0.39, 0.29) is 18.1 Å². The van der Waals surface area contributed by atoms with E-state index in [2.05, 4.69) is 29.0 Å². The first-order valence-electron chi connectivity index (χ1n) is 11.6. The lowest BCUT2D eigenvalue weighted by molar-refractivity contribution is -0.00521. The minimum absolute atomic E-state index is 0.194. The van der Waals surface area contributed by atoms with Gasteiger partial charge in [0.15, 0.2) is 11.5 Å². The minimum Gasteiger partial charge on any atom is -0.490 e. The standard InChI is InChI=1S/C27H31N3O4/c1-4-32-26-15-22(5-10-25(26)33-18-21-11-13-28-14-12-21)27(31)29-23-6-8-24(9-7-23)30-16-19(2)34-20(3)17-30/h5-15,19-20H,4,16-18H2,1-3H3,(H,29,31). The molecule has 1 aliphatic rings. The van der Waals surface area contributed by atoms with Gasteiger partial charge in [-0.2, -0.15) is 0 Å². The summed E-state index contributed by atoms with van der Waals surface area (Å²) in [5.41, 5.74) is 3.36. The monoisotopic (exact) mass is 461 g/mol. The van der Waals surface area contributed by atoms with E-state index in [1.54, 1.807) is 30.6 Å². The summed E-state index contributed by atoms with van der Waals surface area (Å²) in [5, 5.41) is 2.97. The first kappa shape index (κ1) is 23.6. The summed E-state index contributed by atoms with van der Waals surface area (Å²) < 4.78 is 17.5. The van der Waals surface area contributed by atoms with Gasteiger partial charge in [-0.05, 0) is 80.9 Å². The summed E-state index contributed by atoms with van der Waals surface area (Å²) in [6.45, 7) is 8.64. The highest BCUT2D eigenvalue weighted by atomic mass is 16.5. The van der Waals surface area contributed by atoms with Crippen LogP contribution in [0.1, 0.15) is 36.7 Å². The van der Waals surface area contributed by atoms with Crippen LogP contribution in [0, 0.1) is 0 Å². The molecular weight excluding hydrogens is 430 g/mol. The predicted molar refractivity (Wildman–Crippen MR) is 133 cm³/mol. The van der Waals surface area contributed by atoms with Crippen LogP contribution in [0.15, 0.2) is 67.0 Å². The first-order valence-corrected chi connectivity index (χ1v) is 11.6. The molecule has 1 fully saturated rings. The van der Waals surface area contributed by atoms with E-state index in [4.69, 9.17) is 14.2 Å². The van der Waals surface area contributed by atoms with Crippen LogP contribution in [0.5, 0.6) is 11.5 Å². The minimum atomic E-state index is -0.206. The molecule has 2 unspecified atom stereocenters. The van der Waals surface area contributed by atoms with Crippen LogP contribution in [0.25, 0.3) is 0 Å². The zero-order valence-corrected chi connectivity index (χ0v) is 19.9. The Labute approximate surface area is 200 Å². The lowest BCUT2D eigenvalue weighted by Crippen LogP contribution is -2.45. The fourth-order valence-electron chi connectivity index (χ4n) is 4.02. The smallest absolute Gasteiger partial charge is 0.255 e. The number of hydrogen-bond acceptors (Lipinski definition) is 6. The second-order valence-corrected chi connectivity index (χ2v) is 8.40. The number of morpholine rings is 1. The van der Waals surface area contributed by atoms with E-state index in [1.807, 2.05) is 43.3 Å². The molecule has 1 aromatic heterocycles. The van der Waals surface area contributed by atoms with E-state index in [9.17, 15) is 4.79 Å². The predicted octanol–water partition coefficient (Wildman–Crippen LogP) is 4.93. The average molecular weight is 462 g/mol. The van der Waals surface area contributed by atoms with Gasteiger partial charge in [-0.1, -0.05) is 0 Å². The number of hydrogen-bond donors (Lipinski definition) is 1. The van der Waals surface area contributed by atoms with E-state index < -0.39 is 0 Å². The van der Waals surface area contributed by atoms with Gasteiger partial charge in [0.05, 0.1) is 18.8 Å². The third-order valence-electron chi connectivity index (χ3n) is 5.56. The van der Waals surface area contributed by atoms with Gasteiger partial charge in [0.2, 0.25) is 0 Å². The molecule has 1 N–H and O–H groups in total. The maximum atomic E-state index is 12.9. The molecule has 1 aliphatic heterocycles. The molecule has 7 nitrogen and oxygen atoms in total. The quantitative estimate of drug-likeness (QED) is 0.513. The summed E-state index contributed by atoms with van der Waals surface area (Å²) in [6, 6.07) is 16.9. The van der Waals surface area contributed by atoms with Crippen molar-refractivity contribution < 1.29 is 19.0 Å². The zero-order chi connectivity index (χ0) is 23.9. The van der Waals surface area contributed by atoms with E-state index >= 15 is 0 Å². The number of aromatic nitrogens is 1. The number of carbonyl (C=O) groups excluding carboxylic acids is 1. The maximum absolute atomic E-state index is 12.9. The number of amides is 1. The molecule has 1 amide bonds. The molecular formula is C27H31N3O4. The molecule has 3 aromatic rings. The van der Waals surface area contributed by atoms with Crippen molar-refractivity contribution in [2.45, 2.75) is 39.6 Å². The molecule has 7 heteroatoms. The Bertz CT molecular complexity index is 1080. The van der Waals surface area contributed by atoms with Crippen molar-refractivity contribution in [1.82, 2.24) is 4.98 Å². The third kappa shape index (κ3) is 6.05. The highest BCUT2D eigenvalue weighted by Gasteiger charge is 2.22. The number of nitrogens with one attached hydrogen (secondary N) is 1. The number of anilines is 2. The van der Waals surface area contributed by atoms with Gasteiger partial charge in [-0.3, -0.25) is 9.78 Å². The van der Waals surface area contributed by atoms with Crippen molar-refractivity contribution in [2.24, 2.45) is 0 Å². The Morgan fingerprint density at radius 2 is 1.71 bits per heavy atom. The Hall–Kier alpha value is -3.58. The highest BCUT2D eigenvalue weighted by Crippen LogP contribution is 2.30. The molecule has 2 heterocycles. The summed E-state index contributed by atoms with van der Waals surface area (Å²) >= 11 is 0. The molecule has 2 atom stereocenters. The number of pyridine rings is 1. The van der Waals surface area contributed by atoms with Gasteiger partial charge in [-0.15, -0.1) is 0 Å². The maximum Gasteiger partial charge on any atom is 0.255 e. The topological polar surface area (TPSA) is 72.9 Å². The summed E-state index contributed by atoms with van der Waals surface area (Å²) in [4.78, 5) is 19.2. The van der Waals surface area contributed by atoms with Gasteiger partial charge in [-0.25, -0.2) is 0 Å². The van der Waals surface area contributed by atoms with Crippen LogP contribution >= 0.6 is 0 Å². The van der Waals surface area contributed by atoms with Crippen LogP contribution in [0.4, 0.5) is 11.4 Å². The molecule has 0 spiro atoms. The summed E-state index contributed by atoms with van der Waals surface area (Å²) in [5.74, 6) is 0.923. The zero-order valence-electron chi connectivity index (χ0n) is 19.9. The Morgan fingerprint density at radius 3 is 2.38 bits per heavy atom. The van der Waals surface area contributed by atoms with Crippen molar-refractivity contribution in [3.8, 4) is 11.5 Å². The van der Waals surface area contributed by atoms with E-state index in [0.29, 0.717) is 30.3 Å². The van der Waals surface area contributed by atoms with Crippen molar-refractivity contribution in [2.75, 3.05) is 29.9 Å². The molecule has 0 bridgehead atoms. The third-order valence-corrected chi connectivity index (χ3v) is 5.56. The van der Waals surface area contributed by atoms with Crippen molar-refractivity contribution in [3.05, 3.63) is 78.1 Å². The lowest BCUT2D eigenvalue weighted by atomic mass is 10.1.